The molecule has 0 N–H and O–H groups in total. The number of benzene rings is 1. The molecule has 2 aromatic rings. The maximum Gasteiger partial charge on any atom is 0.148 e. The van der Waals surface area contributed by atoms with Crippen LogP contribution in [0.5, 0.6) is 0 Å². The molecule has 0 aliphatic heterocycles. The van der Waals surface area contributed by atoms with Crippen LogP contribution >= 0.6 is 11.6 Å². The van der Waals surface area contributed by atoms with E-state index in [2.05, 4.69) is 59.8 Å². The Kier molecular flexibility index (Phi) is 4.02. The molecule has 1 aromatic carbocycles. The monoisotopic (exact) mass is 263 g/mol. The van der Waals surface area contributed by atoms with Crippen LogP contribution in [0.2, 0.25) is 0 Å². The molecule has 0 saturated carbocycles. The summed E-state index contributed by atoms with van der Waals surface area (Å²) in [4.78, 5) is 0. The first-order chi connectivity index (χ1) is 8.63. The fourth-order valence-corrected chi connectivity index (χ4v) is 2.33. The Hall–Kier alpha value is -1.35. The summed E-state index contributed by atoms with van der Waals surface area (Å²) in [5, 5.41) is 8.44. The van der Waals surface area contributed by atoms with Gasteiger partial charge in [0.15, 0.2) is 0 Å². The van der Waals surface area contributed by atoms with Gasteiger partial charge in [-0.3, -0.25) is 0 Å². The van der Waals surface area contributed by atoms with E-state index in [0.717, 1.165) is 18.1 Å². The molecule has 1 aromatic heterocycles. The molecule has 1 heterocycles. The fraction of sp³-hybridized carbons (Fsp3) is 0.429. The van der Waals surface area contributed by atoms with Crippen LogP contribution in [-0.4, -0.2) is 14.8 Å². The van der Waals surface area contributed by atoms with Crippen molar-refractivity contribution in [1.29, 1.82) is 0 Å². The highest BCUT2D eigenvalue weighted by Crippen LogP contribution is 2.18. The van der Waals surface area contributed by atoms with E-state index in [1.165, 1.54) is 11.1 Å². The molecule has 0 bridgehead atoms. The van der Waals surface area contributed by atoms with Crippen molar-refractivity contribution in [3.05, 3.63) is 47.0 Å². The molecule has 0 radical (unpaired) electrons. The van der Waals surface area contributed by atoms with Gasteiger partial charge >= 0.3 is 0 Å². The molecule has 0 saturated heterocycles. The summed E-state index contributed by atoms with van der Waals surface area (Å²) in [6.07, 6.45) is 0.800. The van der Waals surface area contributed by atoms with Gasteiger partial charge in [-0.15, -0.1) is 21.8 Å². The van der Waals surface area contributed by atoms with Gasteiger partial charge in [-0.2, -0.15) is 0 Å². The summed E-state index contributed by atoms with van der Waals surface area (Å²) in [5.41, 5.74) is 2.57. The zero-order chi connectivity index (χ0) is 13.1. The van der Waals surface area contributed by atoms with Gasteiger partial charge in [0.05, 0.1) is 5.88 Å². The minimum atomic E-state index is 0.327. The maximum absolute atomic E-state index is 5.90. The number of hydrogen-bond acceptors (Lipinski definition) is 2. The lowest BCUT2D eigenvalue weighted by atomic mass is 10.1. The van der Waals surface area contributed by atoms with Crippen LogP contribution in [0, 0.1) is 6.92 Å². The minimum absolute atomic E-state index is 0.327. The molecule has 0 aliphatic carbocycles. The number of aryl methyl sites for hydroxylation is 1. The molecule has 3 nitrogen and oxygen atoms in total. The van der Waals surface area contributed by atoms with E-state index >= 15 is 0 Å². The SMILES string of the molecule is Cc1ccccc1Cc1nnc(CCl)n1C(C)C. The van der Waals surface area contributed by atoms with Gasteiger partial charge in [-0.25, -0.2) is 0 Å². The van der Waals surface area contributed by atoms with Crippen LogP contribution in [0.1, 0.15) is 42.7 Å². The molecule has 2 rings (SSSR count). The molecule has 0 aliphatic rings. The highest BCUT2D eigenvalue weighted by atomic mass is 35.5. The predicted molar refractivity (Wildman–Crippen MR) is 73.9 cm³/mol. The molecule has 18 heavy (non-hydrogen) atoms. The Morgan fingerprint density at radius 3 is 2.44 bits per heavy atom. The highest BCUT2D eigenvalue weighted by molar-refractivity contribution is 6.16. The second-order valence-electron chi connectivity index (χ2n) is 4.73. The van der Waals surface area contributed by atoms with Crippen molar-refractivity contribution < 1.29 is 0 Å². The van der Waals surface area contributed by atoms with E-state index in [1.807, 2.05) is 0 Å². The minimum Gasteiger partial charge on any atom is -0.311 e. The zero-order valence-corrected chi connectivity index (χ0v) is 11.8. The van der Waals surface area contributed by atoms with Crippen molar-refractivity contribution in [2.75, 3.05) is 0 Å². The van der Waals surface area contributed by atoms with Gasteiger partial charge in [0.25, 0.3) is 0 Å². The first-order valence-electron chi connectivity index (χ1n) is 6.16. The maximum atomic E-state index is 5.90. The normalized spacial score (nSPS) is 11.2. The van der Waals surface area contributed by atoms with Crippen molar-refractivity contribution in [2.24, 2.45) is 0 Å². The Morgan fingerprint density at radius 2 is 1.83 bits per heavy atom. The summed E-state index contributed by atoms with van der Waals surface area (Å²) in [6.45, 7) is 6.37. The predicted octanol–water partition coefficient (Wildman–Crippen LogP) is 3.50. The third-order valence-electron chi connectivity index (χ3n) is 3.08. The Labute approximate surface area is 113 Å². The highest BCUT2D eigenvalue weighted by Gasteiger charge is 2.14. The molecular formula is C14H18ClN3. The number of halogens is 1. The first-order valence-corrected chi connectivity index (χ1v) is 6.70. The van der Waals surface area contributed by atoms with Crippen LogP contribution in [0.4, 0.5) is 0 Å². The molecule has 0 unspecified atom stereocenters. The second kappa shape index (κ2) is 5.53. The van der Waals surface area contributed by atoms with Crippen LogP contribution in [0.15, 0.2) is 24.3 Å². The summed E-state index contributed by atoms with van der Waals surface area (Å²) in [6, 6.07) is 8.69. The summed E-state index contributed by atoms with van der Waals surface area (Å²) in [7, 11) is 0. The molecule has 0 atom stereocenters. The van der Waals surface area contributed by atoms with E-state index in [4.69, 9.17) is 11.6 Å². The third-order valence-corrected chi connectivity index (χ3v) is 3.32. The smallest absolute Gasteiger partial charge is 0.148 e. The van der Waals surface area contributed by atoms with Gasteiger partial charge in [0, 0.05) is 12.5 Å². The molecule has 0 fully saturated rings. The van der Waals surface area contributed by atoms with Gasteiger partial charge in [-0.1, -0.05) is 24.3 Å². The van der Waals surface area contributed by atoms with Crippen molar-refractivity contribution >= 4 is 11.6 Å². The Balaban J connectivity index is 2.35. The van der Waals surface area contributed by atoms with E-state index < -0.39 is 0 Å². The van der Waals surface area contributed by atoms with Gasteiger partial charge in [0.1, 0.15) is 11.6 Å². The third kappa shape index (κ3) is 2.56. The molecule has 0 spiro atoms. The number of alkyl halides is 1. The number of rotatable bonds is 4. The van der Waals surface area contributed by atoms with Crippen LogP contribution in [-0.2, 0) is 12.3 Å². The lowest BCUT2D eigenvalue weighted by Gasteiger charge is -2.13. The van der Waals surface area contributed by atoms with Crippen molar-refractivity contribution in [1.82, 2.24) is 14.8 Å². The van der Waals surface area contributed by atoms with E-state index in [1.54, 1.807) is 0 Å². The molecule has 0 amide bonds. The van der Waals surface area contributed by atoms with Gasteiger partial charge in [0.2, 0.25) is 0 Å². The quantitative estimate of drug-likeness (QED) is 0.791. The Morgan fingerprint density at radius 1 is 1.17 bits per heavy atom. The molecule has 4 heteroatoms. The fourth-order valence-electron chi connectivity index (χ4n) is 2.15. The van der Waals surface area contributed by atoms with Gasteiger partial charge in [-0.05, 0) is 31.9 Å². The van der Waals surface area contributed by atoms with Crippen LogP contribution in [0.3, 0.4) is 0 Å². The number of hydrogen-bond donors (Lipinski definition) is 0. The zero-order valence-electron chi connectivity index (χ0n) is 11.0. The standard InChI is InChI=1S/C14H18ClN3/c1-10(2)18-13(16-17-14(18)9-15)8-12-7-5-4-6-11(12)3/h4-7,10H,8-9H2,1-3H3. The number of nitrogens with zero attached hydrogens (tertiary/aromatic N) is 3. The average Bonchev–Trinajstić information content (AvgIpc) is 2.75. The molecular weight excluding hydrogens is 246 g/mol. The summed E-state index contributed by atoms with van der Waals surface area (Å²) >= 11 is 5.90. The van der Waals surface area contributed by atoms with Crippen molar-refractivity contribution in [3.63, 3.8) is 0 Å². The second-order valence-corrected chi connectivity index (χ2v) is 5.00. The largest absolute Gasteiger partial charge is 0.311 e. The van der Waals surface area contributed by atoms with E-state index in [9.17, 15) is 0 Å². The summed E-state index contributed by atoms with van der Waals surface area (Å²) in [5.74, 6) is 2.23. The van der Waals surface area contributed by atoms with Crippen LogP contribution < -0.4 is 0 Å². The summed E-state index contributed by atoms with van der Waals surface area (Å²) < 4.78 is 2.12. The van der Waals surface area contributed by atoms with Crippen molar-refractivity contribution in [3.8, 4) is 0 Å². The van der Waals surface area contributed by atoms with E-state index in [-0.39, 0.29) is 0 Å². The van der Waals surface area contributed by atoms with E-state index in [0.29, 0.717) is 11.9 Å². The van der Waals surface area contributed by atoms with Crippen LogP contribution in [0.25, 0.3) is 0 Å². The first kappa shape index (κ1) is 13.1. The van der Waals surface area contributed by atoms with Gasteiger partial charge < -0.3 is 4.57 Å². The topological polar surface area (TPSA) is 30.7 Å². The Bertz CT molecular complexity index is 532. The molecule has 96 valence electrons. The average molecular weight is 264 g/mol. The van der Waals surface area contributed by atoms with Crippen molar-refractivity contribution in [2.45, 2.75) is 39.1 Å². The lowest BCUT2D eigenvalue weighted by molar-refractivity contribution is 0.557. The lowest BCUT2D eigenvalue weighted by Crippen LogP contribution is -2.10. The number of aromatic nitrogens is 3.